The molecule has 0 spiro atoms. The van der Waals surface area contributed by atoms with Crippen LogP contribution >= 0.6 is 11.6 Å². The zero-order valence-corrected chi connectivity index (χ0v) is 23.4. The number of imidazole rings is 1. The molecule has 11 nitrogen and oxygen atoms in total. The molecule has 1 aliphatic heterocycles. The van der Waals surface area contributed by atoms with E-state index in [0.717, 1.165) is 42.6 Å². The third-order valence-corrected chi connectivity index (χ3v) is 7.68. The zero-order valence-electron chi connectivity index (χ0n) is 22.6. The lowest BCUT2D eigenvalue weighted by Gasteiger charge is -2.29. The molecule has 210 valence electrons. The fraction of sp³-hybridized carbons (Fsp3) is 0.310. The minimum atomic E-state index is -0.420. The number of halogens is 1. The molecule has 2 N–H and O–H groups in total. The number of tetrazole rings is 1. The lowest BCUT2D eigenvalue weighted by Crippen LogP contribution is -2.42. The molecule has 6 rings (SSSR count). The molecule has 1 saturated heterocycles. The first-order valence-corrected chi connectivity index (χ1v) is 14.2. The average molecular weight is 572 g/mol. The van der Waals surface area contributed by atoms with Gasteiger partial charge in [-0.05, 0) is 60.9 Å². The number of carbonyl (C=O) groups is 1. The van der Waals surface area contributed by atoms with E-state index in [0.29, 0.717) is 47.5 Å². The number of unbranched alkanes of at least 4 members (excludes halogenated alkanes) is 2. The number of H-pyrrole nitrogens is 1. The maximum absolute atomic E-state index is 13.5. The molecule has 0 aliphatic carbocycles. The Balaban J connectivity index is 1.32. The Morgan fingerprint density at radius 1 is 1.10 bits per heavy atom. The summed E-state index contributed by atoms with van der Waals surface area (Å²) in [5, 5.41) is 17.7. The molecule has 41 heavy (non-hydrogen) atoms. The van der Waals surface area contributed by atoms with Gasteiger partial charge in [0.15, 0.2) is 0 Å². The number of aromatic nitrogens is 7. The molecular formula is C29H30ClN9O2. The number of benzene rings is 2. The summed E-state index contributed by atoms with van der Waals surface area (Å²) >= 11 is 6.08. The van der Waals surface area contributed by atoms with E-state index in [-0.39, 0.29) is 11.5 Å². The average Bonchev–Trinajstić information content (AvgIpc) is 3.76. The summed E-state index contributed by atoms with van der Waals surface area (Å²) in [5.74, 6) is 1.65. The van der Waals surface area contributed by atoms with E-state index in [1.165, 1.54) is 0 Å². The third kappa shape index (κ3) is 5.45. The largest absolute Gasteiger partial charge is 0.346 e. The molecular weight excluding hydrogens is 542 g/mol. The highest BCUT2D eigenvalue weighted by atomic mass is 35.5. The van der Waals surface area contributed by atoms with Crippen LogP contribution in [0.4, 0.5) is 11.5 Å². The van der Waals surface area contributed by atoms with E-state index in [4.69, 9.17) is 16.6 Å². The van der Waals surface area contributed by atoms with Gasteiger partial charge < -0.3 is 10.2 Å². The Bertz CT molecular complexity index is 1710. The van der Waals surface area contributed by atoms with Gasteiger partial charge in [-0.1, -0.05) is 43.5 Å². The second kappa shape index (κ2) is 11.5. The van der Waals surface area contributed by atoms with Gasteiger partial charge in [0.05, 0.1) is 5.69 Å². The summed E-state index contributed by atoms with van der Waals surface area (Å²) in [5.41, 5.74) is 2.85. The highest BCUT2D eigenvalue weighted by Crippen LogP contribution is 2.29. The van der Waals surface area contributed by atoms with Crippen molar-refractivity contribution in [2.24, 2.45) is 0 Å². The molecule has 1 amide bonds. The van der Waals surface area contributed by atoms with Crippen LogP contribution in [-0.4, -0.2) is 53.1 Å². The Hall–Kier alpha value is -4.51. The summed E-state index contributed by atoms with van der Waals surface area (Å²) in [4.78, 5) is 33.9. The Labute approximate surface area is 241 Å². The van der Waals surface area contributed by atoms with E-state index >= 15 is 0 Å². The number of anilines is 2. The fourth-order valence-electron chi connectivity index (χ4n) is 5.34. The second-order valence-electron chi connectivity index (χ2n) is 10.2. The molecule has 0 radical (unpaired) electrons. The van der Waals surface area contributed by atoms with Crippen LogP contribution in [0.5, 0.6) is 0 Å². The SMILES string of the molecule is CCCCCn1c(N2CCC[C@H]2C(=O)Nc2ccc(-c3nn[nH]n3)cc2)cc(=O)n2cc(-c3ccc(Cl)cc3)nc12. The van der Waals surface area contributed by atoms with Crippen LogP contribution < -0.4 is 15.8 Å². The number of nitrogens with one attached hydrogen (secondary N) is 2. The second-order valence-corrected chi connectivity index (χ2v) is 10.6. The Kier molecular flexibility index (Phi) is 7.51. The number of carbonyl (C=O) groups excluding carboxylic acids is 1. The summed E-state index contributed by atoms with van der Waals surface area (Å²) in [7, 11) is 0. The summed E-state index contributed by atoms with van der Waals surface area (Å²) in [6.07, 6.45) is 6.35. The summed E-state index contributed by atoms with van der Waals surface area (Å²) in [6, 6.07) is 15.9. The van der Waals surface area contributed by atoms with Crippen molar-refractivity contribution in [3.05, 3.63) is 76.2 Å². The zero-order chi connectivity index (χ0) is 28.3. The van der Waals surface area contributed by atoms with Gasteiger partial charge in [-0.15, -0.1) is 10.2 Å². The van der Waals surface area contributed by atoms with Crippen LogP contribution in [0, 0.1) is 0 Å². The van der Waals surface area contributed by atoms with E-state index in [9.17, 15) is 9.59 Å². The van der Waals surface area contributed by atoms with Gasteiger partial charge >= 0.3 is 0 Å². The molecule has 5 aromatic rings. The van der Waals surface area contributed by atoms with Crippen LogP contribution in [0.2, 0.25) is 5.02 Å². The molecule has 1 fully saturated rings. The number of hydrogen-bond acceptors (Lipinski definition) is 7. The first-order valence-electron chi connectivity index (χ1n) is 13.8. The van der Waals surface area contributed by atoms with Gasteiger partial charge in [0.2, 0.25) is 17.5 Å². The van der Waals surface area contributed by atoms with Crippen molar-refractivity contribution < 1.29 is 4.79 Å². The van der Waals surface area contributed by atoms with E-state index in [2.05, 4.69) is 37.4 Å². The molecule has 1 aliphatic rings. The summed E-state index contributed by atoms with van der Waals surface area (Å²) in [6.45, 7) is 3.51. The molecule has 0 unspecified atom stereocenters. The van der Waals surface area contributed by atoms with Crippen molar-refractivity contribution in [3.63, 3.8) is 0 Å². The first-order chi connectivity index (χ1) is 20.0. The van der Waals surface area contributed by atoms with E-state index < -0.39 is 6.04 Å². The van der Waals surface area contributed by atoms with Crippen molar-refractivity contribution in [2.45, 2.75) is 51.6 Å². The topological polar surface area (TPSA) is 126 Å². The number of aromatic amines is 1. The van der Waals surface area contributed by atoms with Crippen LogP contribution in [-0.2, 0) is 11.3 Å². The molecule has 2 aromatic carbocycles. The normalized spacial score (nSPS) is 15.1. The first kappa shape index (κ1) is 26.7. The van der Waals surface area contributed by atoms with Crippen LogP contribution in [0.15, 0.2) is 65.6 Å². The summed E-state index contributed by atoms with van der Waals surface area (Å²) < 4.78 is 3.68. The molecule has 4 heterocycles. The number of hydrogen-bond donors (Lipinski definition) is 2. The van der Waals surface area contributed by atoms with Gasteiger partial charge in [-0.25, -0.2) is 4.98 Å². The van der Waals surface area contributed by atoms with Crippen molar-refractivity contribution in [1.82, 2.24) is 34.6 Å². The molecule has 12 heteroatoms. The van der Waals surface area contributed by atoms with E-state index in [1.807, 2.05) is 53.4 Å². The van der Waals surface area contributed by atoms with Crippen molar-refractivity contribution in [3.8, 4) is 22.6 Å². The minimum absolute atomic E-state index is 0.118. The maximum Gasteiger partial charge on any atom is 0.261 e. The van der Waals surface area contributed by atoms with Crippen LogP contribution in [0.1, 0.15) is 39.0 Å². The van der Waals surface area contributed by atoms with Crippen LogP contribution in [0.3, 0.4) is 0 Å². The Morgan fingerprint density at radius 2 is 1.88 bits per heavy atom. The maximum atomic E-state index is 13.5. The number of aryl methyl sites for hydroxylation is 1. The molecule has 3 aromatic heterocycles. The molecule has 0 bridgehead atoms. The lowest BCUT2D eigenvalue weighted by molar-refractivity contribution is -0.117. The van der Waals surface area contributed by atoms with Gasteiger partial charge in [-0.2, -0.15) is 5.21 Å². The van der Waals surface area contributed by atoms with Gasteiger partial charge in [0.25, 0.3) is 5.56 Å². The van der Waals surface area contributed by atoms with E-state index in [1.54, 1.807) is 16.7 Å². The number of rotatable bonds is 9. The number of fused-ring (bicyclic) bond motifs is 1. The van der Waals surface area contributed by atoms with Crippen molar-refractivity contribution in [1.29, 1.82) is 0 Å². The standard InChI is InChI=1S/C29H30ClN9O2/c1-2-3-4-15-38-25(17-26(40)39-18-23(32-29(38)39)19-7-11-21(30)12-8-19)37-16-5-6-24(37)28(41)31-22-13-9-20(10-14-22)27-33-35-36-34-27/h7-14,17-18,24H,2-6,15-16H2,1H3,(H,31,41)(H,33,34,35,36)/t24-/m0/s1. The van der Waals surface area contributed by atoms with Gasteiger partial charge in [0, 0.05) is 47.2 Å². The van der Waals surface area contributed by atoms with Crippen molar-refractivity contribution in [2.75, 3.05) is 16.8 Å². The predicted octanol–water partition coefficient (Wildman–Crippen LogP) is 4.79. The highest BCUT2D eigenvalue weighted by molar-refractivity contribution is 6.30. The predicted molar refractivity (Wildman–Crippen MR) is 158 cm³/mol. The van der Waals surface area contributed by atoms with Crippen molar-refractivity contribution >= 4 is 34.8 Å². The quantitative estimate of drug-likeness (QED) is 0.243. The van der Waals surface area contributed by atoms with Gasteiger partial charge in [0.1, 0.15) is 11.9 Å². The third-order valence-electron chi connectivity index (χ3n) is 7.43. The molecule has 0 saturated carbocycles. The number of amides is 1. The Morgan fingerprint density at radius 3 is 2.61 bits per heavy atom. The lowest BCUT2D eigenvalue weighted by atomic mass is 10.1. The smallest absolute Gasteiger partial charge is 0.261 e. The molecule has 1 atom stereocenters. The minimum Gasteiger partial charge on any atom is -0.346 e. The number of nitrogens with zero attached hydrogens (tertiary/aromatic N) is 7. The highest BCUT2D eigenvalue weighted by Gasteiger charge is 2.33. The monoisotopic (exact) mass is 571 g/mol. The van der Waals surface area contributed by atoms with Gasteiger partial charge in [-0.3, -0.25) is 18.6 Å². The van der Waals surface area contributed by atoms with Crippen LogP contribution in [0.25, 0.3) is 28.4 Å². The fourth-order valence-corrected chi connectivity index (χ4v) is 5.47.